The molecule has 0 bridgehead atoms. The number of hydrogen-bond acceptors (Lipinski definition) is 9. The van der Waals surface area contributed by atoms with Gasteiger partial charge in [0.25, 0.3) is 5.56 Å². The summed E-state index contributed by atoms with van der Waals surface area (Å²) in [6.07, 6.45) is -3.53. The van der Waals surface area contributed by atoms with Crippen molar-refractivity contribution in [2.75, 3.05) is 19.8 Å². The van der Waals surface area contributed by atoms with Crippen LogP contribution in [-0.2, 0) is 20.9 Å². The summed E-state index contributed by atoms with van der Waals surface area (Å²) in [5, 5.41) is 0.314. The van der Waals surface area contributed by atoms with Crippen LogP contribution in [0.5, 0.6) is 11.5 Å². The first kappa shape index (κ1) is 36.9. The summed E-state index contributed by atoms with van der Waals surface area (Å²) in [5.74, 6) is -0.956. The van der Waals surface area contributed by atoms with Crippen molar-refractivity contribution in [1.82, 2.24) is 4.57 Å². The van der Waals surface area contributed by atoms with Crippen molar-refractivity contribution in [3.8, 4) is 11.5 Å². The van der Waals surface area contributed by atoms with E-state index in [-0.39, 0.29) is 41.3 Å². The first-order valence-corrected chi connectivity index (χ1v) is 17.3. The number of halogens is 5. The molecule has 1 aliphatic heterocycles. The van der Waals surface area contributed by atoms with Gasteiger partial charge in [0.1, 0.15) is 6.61 Å². The van der Waals surface area contributed by atoms with E-state index in [9.17, 15) is 27.6 Å². The highest BCUT2D eigenvalue weighted by molar-refractivity contribution is 9.10. The first-order valence-electron chi connectivity index (χ1n) is 15.3. The summed E-state index contributed by atoms with van der Waals surface area (Å²) >= 11 is 10.3. The van der Waals surface area contributed by atoms with Gasteiger partial charge in [0, 0.05) is 5.02 Å². The summed E-state index contributed by atoms with van der Waals surface area (Å²) < 4.78 is 66.8. The minimum atomic E-state index is -5.03. The molecular weight excluding hydrogens is 765 g/mol. The molecule has 0 amide bonds. The Labute approximate surface area is 301 Å². The molecule has 5 rings (SSSR count). The maximum absolute atomic E-state index is 14.4. The molecule has 1 aliphatic rings. The number of alkyl halides is 3. The zero-order chi connectivity index (χ0) is 36.2. The minimum Gasteiger partial charge on any atom is -0.490 e. The van der Waals surface area contributed by atoms with Gasteiger partial charge in [-0.15, -0.1) is 0 Å². The van der Waals surface area contributed by atoms with Gasteiger partial charge >= 0.3 is 18.1 Å². The van der Waals surface area contributed by atoms with Crippen LogP contribution in [0.1, 0.15) is 53.9 Å². The summed E-state index contributed by atoms with van der Waals surface area (Å²) in [5.41, 5.74) is -1.06. The smallest absolute Gasteiger partial charge is 0.434 e. The number of hydrogen-bond donors (Lipinski definition) is 0. The lowest BCUT2D eigenvalue weighted by Crippen LogP contribution is -2.41. The topological polar surface area (TPSA) is 105 Å². The van der Waals surface area contributed by atoms with Crippen molar-refractivity contribution in [3.05, 3.63) is 123 Å². The Hall–Kier alpha value is -4.40. The Morgan fingerprint density at radius 2 is 1.62 bits per heavy atom. The van der Waals surface area contributed by atoms with Gasteiger partial charge in [-0.05, 0) is 95.9 Å². The molecular formula is C35H29BrClF3N2O7S. The van der Waals surface area contributed by atoms with Gasteiger partial charge in [-0.2, -0.15) is 13.2 Å². The number of esters is 2. The normalized spacial score (nSPS) is 14.6. The van der Waals surface area contributed by atoms with E-state index in [1.165, 1.54) is 37.3 Å². The molecule has 1 aromatic heterocycles. The van der Waals surface area contributed by atoms with E-state index in [1.807, 2.05) is 0 Å². The molecule has 2 heterocycles. The van der Waals surface area contributed by atoms with E-state index < -0.39 is 41.0 Å². The van der Waals surface area contributed by atoms with Crippen molar-refractivity contribution < 1.29 is 41.7 Å². The molecule has 0 spiro atoms. The number of thiazole rings is 1. The molecule has 1 atom stereocenters. The minimum absolute atomic E-state index is 0.0547. The lowest BCUT2D eigenvalue weighted by Gasteiger charge is -2.26. The fourth-order valence-electron chi connectivity index (χ4n) is 5.13. The molecule has 9 nitrogen and oxygen atoms in total. The summed E-state index contributed by atoms with van der Waals surface area (Å²) in [7, 11) is 0. The highest BCUT2D eigenvalue weighted by Gasteiger charge is 2.45. The third-order valence-corrected chi connectivity index (χ3v) is 9.08. The van der Waals surface area contributed by atoms with Gasteiger partial charge in [0.05, 0.1) is 46.0 Å². The number of carbonyl (C=O) groups is 2. The van der Waals surface area contributed by atoms with Crippen LogP contribution < -0.4 is 24.4 Å². The van der Waals surface area contributed by atoms with Gasteiger partial charge in [-0.1, -0.05) is 47.2 Å². The molecule has 15 heteroatoms. The monoisotopic (exact) mass is 792 g/mol. The number of nitrogens with zero attached hydrogens (tertiary/aromatic N) is 2. The van der Waals surface area contributed by atoms with Crippen molar-refractivity contribution in [1.29, 1.82) is 0 Å². The molecule has 0 saturated heterocycles. The highest BCUT2D eigenvalue weighted by Crippen LogP contribution is 2.39. The third-order valence-electron chi connectivity index (χ3n) is 7.26. The SMILES string of the molecule is CCOC(=O)C1=C(C(F)(F)F)N=c2s/c(=C\c3cc(Br)c(OCc4ccc(C(=O)OCC)cc4)c(OCC)c3)c(=O)n2[C@@H]1c1ccc(Cl)cc1. The van der Waals surface area contributed by atoms with Crippen LogP contribution in [0.3, 0.4) is 0 Å². The predicted octanol–water partition coefficient (Wildman–Crippen LogP) is 6.91. The Morgan fingerprint density at radius 3 is 2.24 bits per heavy atom. The van der Waals surface area contributed by atoms with Crippen LogP contribution in [0.15, 0.2) is 86.2 Å². The van der Waals surface area contributed by atoms with E-state index in [0.717, 1.165) is 21.5 Å². The van der Waals surface area contributed by atoms with E-state index in [0.29, 0.717) is 32.1 Å². The molecule has 0 fully saturated rings. The highest BCUT2D eigenvalue weighted by atomic mass is 79.9. The largest absolute Gasteiger partial charge is 0.490 e. The Kier molecular flexibility index (Phi) is 11.5. The second-order valence-corrected chi connectivity index (χ2v) is 12.9. The van der Waals surface area contributed by atoms with Crippen LogP contribution >= 0.6 is 38.9 Å². The number of ether oxygens (including phenoxy) is 4. The number of aromatic nitrogens is 1. The van der Waals surface area contributed by atoms with E-state index in [2.05, 4.69) is 20.9 Å². The standard InChI is InChI=1S/C35H29BrClF3N2O7S/c1-4-46-25-16-20(15-24(36)29(25)49-18-19-7-9-22(10-8-19)32(44)47-5-2)17-26-31(43)42-28(21-11-13-23(37)14-12-21)27(33(45)48-6-3)30(35(38,39)40)41-34(42)50-26/h7-17,28H,4-6,18H2,1-3H3/b26-17-/t28-/m1/s1. The van der Waals surface area contributed by atoms with Gasteiger partial charge < -0.3 is 18.9 Å². The zero-order valence-corrected chi connectivity index (χ0v) is 30.0. The summed E-state index contributed by atoms with van der Waals surface area (Å²) in [4.78, 5) is 42.6. The maximum atomic E-state index is 14.4. The van der Waals surface area contributed by atoms with Crippen LogP contribution in [0.4, 0.5) is 13.2 Å². The third kappa shape index (κ3) is 7.98. The quantitative estimate of drug-likeness (QED) is 0.152. The molecule has 3 aromatic carbocycles. The van der Waals surface area contributed by atoms with Gasteiger partial charge in [-0.25, -0.2) is 14.6 Å². The fraction of sp³-hybridized carbons (Fsp3) is 0.257. The van der Waals surface area contributed by atoms with Gasteiger partial charge in [0.2, 0.25) is 0 Å². The van der Waals surface area contributed by atoms with Gasteiger partial charge in [0.15, 0.2) is 22.0 Å². The van der Waals surface area contributed by atoms with Gasteiger partial charge in [-0.3, -0.25) is 9.36 Å². The number of fused-ring (bicyclic) bond motifs is 1. The molecule has 0 radical (unpaired) electrons. The lowest BCUT2D eigenvalue weighted by molar-refractivity contribution is -0.140. The predicted molar refractivity (Wildman–Crippen MR) is 184 cm³/mol. The summed E-state index contributed by atoms with van der Waals surface area (Å²) in [6.45, 7) is 5.46. The van der Waals surface area contributed by atoms with Crippen molar-refractivity contribution in [3.63, 3.8) is 0 Å². The van der Waals surface area contributed by atoms with Crippen LogP contribution in [-0.4, -0.2) is 42.5 Å². The second kappa shape index (κ2) is 15.7. The second-order valence-electron chi connectivity index (χ2n) is 10.6. The van der Waals surface area contributed by atoms with Crippen molar-refractivity contribution in [2.24, 2.45) is 4.99 Å². The van der Waals surface area contributed by atoms with E-state index in [4.69, 9.17) is 30.5 Å². The molecule has 0 saturated carbocycles. The summed E-state index contributed by atoms with van der Waals surface area (Å²) in [6, 6.07) is 14.4. The van der Waals surface area contributed by atoms with Crippen molar-refractivity contribution >= 4 is 56.9 Å². The first-order chi connectivity index (χ1) is 23.9. The lowest BCUT2D eigenvalue weighted by atomic mass is 9.95. The number of benzene rings is 3. The molecule has 50 heavy (non-hydrogen) atoms. The van der Waals surface area contributed by atoms with E-state index in [1.54, 1.807) is 50.2 Å². The Balaban J connectivity index is 1.57. The maximum Gasteiger partial charge on any atom is 0.434 e. The fourth-order valence-corrected chi connectivity index (χ4v) is 6.83. The average molecular weight is 794 g/mol. The molecule has 262 valence electrons. The zero-order valence-electron chi connectivity index (χ0n) is 26.8. The molecule has 0 aliphatic carbocycles. The number of rotatable bonds is 11. The molecule has 0 unspecified atom stereocenters. The van der Waals surface area contributed by atoms with Crippen LogP contribution in [0.2, 0.25) is 5.02 Å². The number of allylic oxidation sites excluding steroid dienone is 1. The van der Waals surface area contributed by atoms with Crippen LogP contribution in [0, 0.1) is 0 Å². The average Bonchev–Trinajstić information content (AvgIpc) is 3.38. The van der Waals surface area contributed by atoms with Crippen LogP contribution in [0.25, 0.3) is 6.08 Å². The molecule has 0 N–H and O–H groups in total. The Bertz CT molecular complexity index is 2130. The van der Waals surface area contributed by atoms with Crippen molar-refractivity contribution in [2.45, 2.75) is 39.6 Å². The molecule has 4 aromatic rings. The number of carbonyl (C=O) groups excluding carboxylic acids is 2. The van der Waals surface area contributed by atoms with E-state index >= 15 is 0 Å². The Morgan fingerprint density at radius 1 is 0.960 bits per heavy atom.